The molecule has 1 aromatic carbocycles. The molecular formula is C16H17N3OS. The molecule has 0 aliphatic heterocycles. The van der Waals surface area contributed by atoms with Gasteiger partial charge in [0.2, 0.25) is 0 Å². The summed E-state index contributed by atoms with van der Waals surface area (Å²) in [7, 11) is 0. The van der Waals surface area contributed by atoms with Crippen LogP contribution in [0.2, 0.25) is 0 Å². The Morgan fingerprint density at radius 2 is 2.10 bits per heavy atom. The van der Waals surface area contributed by atoms with Crippen LogP contribution in [0.5, 0.6) is 5.75 Å². The zero-order chi connectivity index (χ0) is 14.9. The number of aromatic nitrogens is 2. The number of rotatable bonds is 4. The molecule has 108 valence electrons. The van der Waals surface area contributed by atoms with Crippen molar-refractivity contribution in [1.82, 2.24) is 9.97 Å². The molecule has 0 radical (unpaired) electrons. The molecule has 0 bridgehead atoms. The minimum atomic E-state index is -0.345. The SMILES string of the molecule is CC(C)(N)COc1ccc2nc(-c3ccccn3)sc2c1. The van der Waals surface area contributed by atoms with Crippen LogP contribution in [0.4, 0.5) is 0 Å². The summed E-state index contributed by atoms with van der Waals surface area (Å²) in [6.07, 6.45) is 1.78. The normalized spacial score (nSPS) is 11.8. The quantitative estimate of drug-likeness (QED) is 0.801. The fourth-order valence-electron chi connectivity index (χ4n) is 1.86. The highest BCUT2D eigenvalue weighted by Crippen LogP contribution is 2.31. The maximum Gasteiger partial charge on any atom is 0.143 e. The third kappa shape index (κ3) is 3.37. The van der Waals surface area contributed by atoms with E-state index >= 15 is 0 Å². The molecule has 0 aliphatic carbocycles. The van der Waals surface area contributed by atoms with E-state index < -0.39 is 0 Å². The van der Waals surface area contributed by atoms with Crippen molar-refractivity contribution in [3.8, 4) is 16.5 Å². The van der Waals surface area contributed by atoms with E-state index in [2.05, 4.69) is 9.97 Å². The van der Waals surface area contributed by atoms with E-state index in [1.807, 2.05) is 50.2 Å². The van der Waals surface area contributed by atoms with Crippen LogP contribution in [-0.4, -0.2) is 22.1 Å². The van der Waals surface area contributed by atoms with Crippen molar-refractivity contribution in [1.29, 1.82) is 0 Å². The minimum Gasteiger partial charge on any atom is -0.492 e. The van der Waals surface area contributed by atoms with Crippen molar-refractivity contribution < 1.29 is 4.74 Å². The first-order valence-corrected chi connectivity index (χ1v) is 7.57. The lowest BCUT2D eigenvalue weighted by molar-refractivity contribution is 0.243. The van der Waals surface area contributed by atoms with Gasteiger partial charge in [-0.1, -0.05) is 6.07 Å². The first-order chi connectivity index (χ1) is 10.0. The van der Waals surface area contributed by atoms with E-state index in [1.54, 1.807) is 17.5 Å². The second kappa shape index (κ2) is 5.42. The van der Waals surface area contributed by atoms with Gasteiger partial charge < -0.3 is 10.5 Å². The van der Waals surface area contributed by atoms with Crippen molar-refractivity contribution in [2.24, 2.45) is 5.73 Å². The molecule has 0 atom stereocenters. The largest absolute Gasteiger partial charge is 0.492 e. The molecule has 0 unspecified atom stereocenters. The highest BCUT2D eigenvalue weighted by atomic mass is 32.1. The number of thiazole rings is 1. The lowest BCUT2D eigenvalue weighted by atomic mass is 10.1. The summed E-state index contributed by atoms with van der Waals surface area (Å²) >= 11 is 1.61. The van der Waals surface area contributed by atoms with Crippen LogP contribution in [0.1, 0.15) is 13.8 Å². The van der Waals surface area contributed by atoms with E-state index in [9.17, 15) is 0 Å². The molecule has 3 rings (SSSR count). The van der Waals surface area contributed by atoms with Crippen LogP contribution in [0.3, 0.4) is 0 Å². The van der Waals surface area contributed by atoms with Crippen LogP contribution in [0.15, 0.2) is 42.6 Å². The van der Waals surface area contributed by atoms with E-state index in [-0.39, 0.29) is 5.54 Å². The Morgan fingerprint density at radius 1 is 1.24 bits per heavy atom. The molecule has 0 spiro atoms. The summed E-state index contributed by atoms with van der Waals surface area (Å²) in [6, 6.07) is 11.7. The average molecular weight is 299 g/mol. The first kappa shape index (κ1) is 14.0. The maximum absolute atomic E-state index is 5.93. The first-order valence-electron chi connectivity index (χ1n) is 6.75. The van der Waals surface area contributed by atoms with Gasteiger partial charge in [0.1, 0.15) is 17.4 Å². The predicted molar refractivity (Wildman–Crippen MR) is 86.6 cm³/mol. The molecule has 0 saturated carbocycles. The zero-order valence-corrected chi connectivity index (χ0v) is 12.9. The third-order valence-corrected chi connectivity index (χ3v) is 3.90. The van der Waals surface area contributed by atoms with Gasteiger partial charge >= 0.3 is 0 Å². The Balaban J connectivity index is 1.89. The van der Waals surface area contributed by atoms with Crippen LogP contribution in [-0.2, 0) is 0 Å². The smallest absolute Gasteiger partial charge is 0.143 e. The van der Waals surface area contributed by atoms with Gasteiger partial charge in [0.25, 0.3) is 0 Å². The van der Waals surface area contributed by atoms with Crippen molar-refractivity contribution in [3.63, 3.8) is 0 Å². The number of fused-ring (bicyclic) bond motifs is 1. The third-order valence-electron chi connectivity index (χ3n) is 2.85. The van der Waals surface area contributed by atoms with Crippen LogP contribution in [0, 0.1) is 0 Å². The fraction of sp³-hybridized carbons (Fsp3) is 0.250. The molecule has 2 N–H and O–H groups in total. The molecule has 3 aromatic rings. The molecule has 2 aromatic heterocycles. The second-order valence-electron chi connectivity index (χ2n) is 5.64. The lowest BCUT2D eigenvalue weighted by Crippen LogP contribution is -2.38. The number of hydrogen-bond donors (Lipinski definition) is 1. The maximum atomic E-state index is 5.93. The highest BCUT2D eigenvalue weighted by Gasteiger charge is 2.12. The molecule has 21 heavy (non-hydrogen) atoms. The number of ether oxygens (including phenoxy) is 1. The molecule has 2 heterocycles. The Morgan fingerprint density at radius 3 is 2.81 bits per heavy atom. The number of pyridine rings is 1. The van der Waals surface area contributed by atoms with E-state index in [0.717, 1.165) is 26.7 Å². The molecule has 0 saturated heterocycles. The minimum absolute atomic E-state index is 0.345. The van der Waals surface area contributed by atoms with Gasteiger partial charge in [-0.05, 0) is 44.2 Å². The number of hydrogen-bond acceptors (Lipinski definition) is 5. The summed E-state index contributed by atoms with van der Waals surface area (Å²) in [5.74, 6) is 0.817. The van der Waals surface area contributed by atoms with Gasteiger partial charge in [-0.25, -0.2) is 4.98 Å². The molecule has 0 amide bonds. The van der Waals surface area contributed by atoms with Gasteiger partial charge in [-0.3, -0.25) is 4.98 Å². The molecule has 5 heteroatoms. The molecule has 0 aliphatic rings. The molecule has 0 fully saturated rings. The van der Waals surface area contributed by atoms with Gasteiger partial charge in [-0.15, -0.1) is 11.3 Å². The Kier molecular flexibility index (Phi) is 3.61. The van der Waals surface area contributed by atoms with Gasteiger partial charge in [-0.2, -0.15) is 0 Å². The van der Waals surface area contributed by atoms with Crippen LogP contribution in [0.25, 0.3) is 20.9 Å². The average Bonchev–Trinajstić information content (AvgIpc) is 2.88. The van der Waals surface area contributed by atoms with Crippen molar-refractivity contribution >= 4 is 21.6 Å². The highest BCUT2D eigenvalue weighted by molar-refractivity contribution is 7.21. The van der Waals surface area contributed by atoms with Crippen LogP contribution < -0.4 is 10.5 Å². The molecule has 4 nitrogen and oxygen atoms in total. The number of benzene rings is 1. The predicted octanol–water partition coefficient (Wildman–Crippen LogP) is 3.47. The van der Waals surface area contributed by atoms with E-state index in [1.165, 1.54) is 0 Å². The summed E-state index contributed by atoms with van der Waals surface area (Å²) in [4.78, 5) is 8.94. The number of nitrogens with two attached hydrogens (primary N) is 1. The van der Waals surface area contributed by atoms with Gasteiger partial charge in [0, 0.05) is 11.7 Å². The summed E-state index contributed by atoms with van der Waals surface area (Å²) in [6.45, 7) is 4.36. The van der Waals surface area contributed by atoms with Crippen molar-refractivity contribution in [2.75, 3.05) is 6.61 Å². The Hall–Kier alpha value is -1.98. The second-order valence-corrected chi connectivity index (χ2v) is 6.67. The Labute approximate surface area is 127 Å². The fourth-order valence-corrected chi connectivity index (χ4v) is 2.83. The lowest BCUT2D eigenvalue weighted by Gasteiger charge is -2.18. The van der Waals surface area contributed by atoms with E-state index in [4.69, 9.17) is 10.5 Å². The summed E-state index contributed by atoms with van der Waals surface area (Å²) in [5.41, 5.74) is 7.44. The van der Waals surface area contributed by atoms with E-state index in [0.29, 0.717) is 6.61 Å². The monoisotopic (exact) mass is 299 g/mol. The Bertz CT molecular complexity index is 747. The topological polar surface area (TPSA) is 61.0 Å². The van der Waals surface area contributed by atoms with Crippen molar-refractivity contribution in [3.05, 3.63) is 42.6 Å². The van der Waals surface area contributed by atoms with Gasteiger partial charge in [0.15, 0.2) is 0 Å². The molecular weight excluding hydrogens is 282 g/mol. The van der Waals surface area contributed by atoms with Crippen molar-refractivity contribution in [2.45, 2.75) is 19.4 Å². The summed E-state index contributed by atoms with van der Waals surface area (Å²) < 4.78 is 6.82. The standard InChI is InChI=1S/C16H17N3OS/c1-16(2,17)10-20-11-6-7-12-14(9-11)21-15(19-12)13-5-3-4-8-18-13/h3-9H,10,17H2,1-2H3. The number of nitrogens with zero attached hydrogens (tertiary/aromatic N) is 2. The summed E-state index contributed by atoms with van der Waals surface area (Å²) in [5, 5.41) is 0.918. The van der Waals surface area contributed by atoms with Gasteiger partial charge in [0.05, 0.1) is 15.9 Å². The zero-order valence-electron chi connectivity index (χ0n) is 12.0. The van der Waals surface area contributed by atoms with Crippen LogP contribution >= 0.6 is 11.3 Å².